The quantitative estimate of drug-likeness (QED) is 0.821. The maximum atomic E-state index is 12.8. The average Bonchev–Trinajstić information content (AvgIpc) is 2.68. The number of amides is 2. The zero-order chi connectivity index (χ0) is 19.2. The number of carbonyl (C=O) groups excluding carboxylic acids is 3. The number of carbonyl (C=O) groups is 3. The fraction of sp³-hybridized carbons (Fsp3) is 0.250. The van der Waals surface area contributed by atoms with E-state index < -0.39 is 24.3 Å². The van der Waals surface area contributed by atoms with Gasteiger partial charge in [-0.25, -0.2) is 9.18 Å². The summed E-state index contributed by atoms with van der Waals surface area (Å²) in [5.41, 5.74) is 1.44. The summed E-state index contributed by atoms with van der Waals surface area (Å²) in [4.78, 5) is 37.5. The van der Waals surface area contributed by atoms with E-state index in [1.807, 2.05) is 0 Å². The molecule has 1 heterocycles. The highest BCUT2D eigenvalue weighted by Crippen LogP contribution is 2.21. The van der Waals surface area contributed by atoms with Crippen molar-refractivity contribution in [2.45, 2.75) is 19.3 Å². The minimum Gasteiger partial charge on any atom is -0.452 e. The second-order valence-corrected chi connectivity index (χ2v) is 6.18. The van der Waals surface area contributed by atoms with Gasteiger partial charge >= 0.3 is 5.97 Å². The predicted molar refractivity (Wildman–Crippen MR) is 98.0 cm³/mol. The first-order valence-electron chi connectivity index (χ1n) is 8.66. The number of hydrogen-bond donors (Lipinski definition) is 1. The molecule has 0 bridgehead atoms. The molecule has 0 saturated carbocycles. The molecule has 0 aliphatic carbocycles. The SMILES string of the molecule is O=C(COC(=O)c1ccc(N2CCCCC2=O)cc1)Nc1ccc(F)cc1. The van der Waals surface area contributed by atoms with Gasteiger partial charge in [0.2, 0.25) is 5.91 Å². The number of benzene rings is 2. The third kappa shape index (κ3) is 4.91. The summed E-state index contributed by atoms with van der Waals surface area (Å²) < 4.78 is 17.8. The highest BCUT2D eigenvalue weighted by atomic mass is 19.1. The van der Waals surface area contributed by atoms with Gasteiger partial charge in [-0.15, -0.1) is 0 Å². The molecular weight excluding hydrogens is 351 g/mol. The van der Waals surface area contributed by atoms with Crippen LogP contribution in [0.2, 0.25) is 0 Å². The van der Waals surface area contributed by atoms with E-state index in [9.17, 15) is 18.8 Å². The molecule has 6 nitrogen and oxygen atoms in total. The highest BCUT2D eigenvalue weighted by Gasteiger charge is 2.20. The molecule has 0 atom stereocenters. The summed E-state index contributed by atoms with van der Waals surface area (Å²) in [6.45, 7) is 0.217. The summed E-state index contributed by atoms with van der Waals surface area (Å²) in [5.74, 6) is -1.49. The van der Waals surface area contributed by atoms with Crippen molar-refractivity contribution in [3.63, 3.8) is 0 Å². The van der Waals surface area contributed by atoms with Crippen LogP contribution < -0.4 is 10.2 Å². The minimum atomic E-state index is -0.638. The number of piperidine rings is 1. The van der Waals surface area contributed by atoms with Crippen LogP contribution in [0.4, 0.5) is 15.8 Å². The third-order valence-electron chi connectivity index (χ3n) is 4.20. The maximum Gasteiger partial charge on any atom is 0.338 e. The number of esters is 1. The Morgan fingerprint density at radius 1 is 1.04 bits per heavy atom. The molecule has 0 radical (unpaired) electrons. The van der Waals surface area contributed by atoms with Gasteiger partial charge in [-0.2, -0.15) is 0 Å². The Bertz CT molecular complexity index is 834. The maximum absolute atomic E-state index is 12.8. The first-order chi connectivity index (χ1) is 13.0. The van der Waals surface area contributed by atoms with Crippen LogP contribution in [0.1, 0.15) is 29.6 Å². The van der Waals surface area contributed by atoms with E-state index in [-0.39, 0.29) is 11.5 Å². The van der Waals surface area contributed by atoms with Gasteiger partial charge in [-0.3, -0.25) is 9.59 Å². The van der Waals surface area contributed by atoms with Crippen molar-refractivity contribution in [1.82, 2.24) is 0 Å². The van der Waals surface area contributed by atoms with Crippen molar-refractivity contribution in [1.29, 1.82) is 0 Å². The van der Waals surface area contributed by atoms with E-state index >= 15 is 0 Å². The Kier molecular flexibility index (Phi) is 5.80. The summed E-state index contributed by atoms with van der Waals surface area (Å²) >= 11 is 0. The number of ether oxygens (including phenoxy) is 1. The molecule has 7 heteroatoms. The normalized spacial score (nSPS) is 14.0. The van der Waals surface area contributed by atoms with E-state index in [1.54, 1.807) is 29.2 Å². The predicted octanol–water partition coefficient (Wildman–Crippen LogP) is 3.14. The minimum absolute atomic E-state index is 0.0778. The van der Waals surface area contributed by atoms with Gasteiger partial charge < -0.3 is 15.0 Å². The largest absolute Gasteiger partial charge is 0.452 e. The molecule has 1 aliphatic heterocycles. The Morgan fingerprint density at radius 3 is 2.41 bits per heavy atom. The molecule has 0 unspecified atom stereocenters. The fourth-order valence-electron chi connectivity index (χ4n) is 2.80. The summed E-state index contributed by atoms with van der Waals surface area (Å²) in [7, 11) is 0. The second kappa shape index (κ2) is 8.44. The van der Waals surface area contributed by atoms with Crippen molar-refractivity contribution < 1.29 is 23.5 Å². The number of hydrogen-bond acceptors (Lipinski definition) is 4. The monoisotopic (exact) mass is 370 g/mol. The van der Waals surface area contributed by atoms with Gasteiger partial charge in [-0.1, -0.05) is 0 Å². The van der Waals surface area contributed by atoms with Crippen molar-refractivity contribution in [2.24, 2.45) is 0 Å². The third-order valence-corrected chi connectivity index (χ3v) is 4.20. The Labute approximate surface area is 155 Å². The number of rotatable bonds is 5. The molecule has 2 aromatic rings. The van der Waals surface area contributed by atoms with Gasteiger partial charge in [0.15, 0.2) is 6.61 Å². The van der Waals surface area contributed by atoms with Gasteiger partial charge in [-0.05, 0) is 61.4 Å². The van der Waals surface area contributed by atoms with Crippen molar-refractivity contribution in [3.05, 3.63) is 59.9 Å². The molecule has 1 fully saturated rings. The second-order valence-electron chi connectivity index (χ2n) is 6.18. The summed E-state index contributed by atoms with van der Waals surface area (Å²) in [6, 6.07) is 11.8. The first-order valence-corrected chi connectivity index (χ1v) is 8.66. The molecule has 2 amide bonds. The van der Waals surface area contributed by atoms with Crippen LogP contribution >= 0.6 is 0 Å². The lowest BCUT2D eigenvalue weighted by molar-refractivity contribution is -0.120. The number of anilines is 2. The lowest BCUT2D eigenvalue weighted by Gasteiger charge is -2.26. The van der Waals surface area contributed by atoms with Gasteiger partial charge in [0.1, 0.15) is 5.82 Å². The van der Waals surface area contributed by atoms with E-state index in [0.29, 0.717) is 18.7 Å². The first kappa shape index (κ1) is 18.6. The average molecular weight is 370 g/mol. The molecule has 1 N–H and O–H groups in total. The zero-order valence-electron chi connectivity index (χ0n) is 14.6. The van der Waals surface area contributed by atoms with Crippen LogP contribution in [0.25, 0.3) is 0 Å². The number of nitrogens with one attached hydrogen (secondary N) is 1. The Morgan fingerprint density at radius 2 is 1.74 bits per heavy atom. The summed E-state index contributed by atoms with van der Waals surface area (Å²) in [6.07, 6.45) is 2.39. The Hall–Kier alpha value is -3.22. The molecule has 0 aromatic heterocycles. The van der Waals surface area contributed by atoms with E-state index in [4.69, 9.17) is 4.74 Å². The fourth-order valence-corrected chi connectivity index (χ4v) is 2.80. The van der Waals surface area contributed by atoms with Crippen LogP contribution in [-0.2, 0) is 14.3 Å². The topological polar surface area (TPSA) is 75.7 Å². The summed E-state index contributed by atoms with van der Waals surface area (Å²) in [5, 5.41) is 2.51. The van der Waals surface area contributed by atoms with E-state index in [1.165, 1.54) is 24.3 Å². The molecular formula is C20H19FN2O4. The molecule has 27 heavy (non-hydrogen) atoms. The van der Waals surface area contributed by atoms with Crippen LogP contribution in [0, 0.1) is 5.82 Å². The molecule has 1 aliphatic rings. The van der Waals surface area contributed by atoms with Gasteiger partial charge in [0.05, 0.1) is 5.56 Å². The van der Waals surface area contributed by atoms with Crippen LogP contribution in [-0.4, -0.2) is 30.9 Å². The molecule has 2 aromatic carbocycles. The standard InChI is InChI=1S/C20H19FN2O4/c21-15-6-8-16(9-7-15)22-18(24)13-27-20(26)14-4-10-17(11-5-14)23-12-2-1-3-19(23)25/h4-11H,1-3,12-13H2,(H,22,24). The molecule has 0 spiro atoms. The van der Waals surface area contributed by atoms with E-state index in [2.05, 4.69) is 5.32 Å². The van der Waals surface area contributed by atoms with Gasteiger partial charge in [0.25, 0.3) is 5.91 Å². The molecule has 3 rings (SSSR count). The van der Waals surface area contributed by atoms with Crippen LogP contribution in [0.3, 0.4) is 0 Å². The smallest absolute Gasteiger partial charge is 0.338 e. The molecule has 140 valence electrons. The van der Waals surface area contributed by atoms with E-state index in [0.717, 1.165) is 18.5 Å². The lowest BCUT2D eigenvalue weighted by Crippen LogP contribution is -2.35. The molecule has 1 saturated heterocycles. The lowest BCUT2D eigenvalue weighted by atomic mass is 10.1. The Balaban J connectivity index is 1.52. The number of halogens is 1. The van der Waals surface area contributed by atoms with Crippen molar-refractivity contribution >= 4 is 29.2 Å². The zero-order valence-corrected chi connectivity index (χ0v) is 14.6. The highest BCUT2D eigenvalue weighted by molar-refractivity contribution is 5.97. The van der Waals surface area contributed by atoms with Crippen LogP contribution in [0.5, 0.6) is 0 Å². The van der Waals surface area contributed by atoms with Crippen molar-refractivity contribution in [2.75, 3.05) is 23.4 Å². The number of nitrogens with zero attached hydrogens (tertiary/aromatic N) is 1. The van der Waals surface area contributed by atoms with Crippen LogP contribution in [0.15, 0.2) is 48.5 Å². The van der Waals surface area contributed by atoms with Crippen molar-refractivity contribution in [3.8, 4) is 0 Å². The van der Waals surface area contributed by atoms with Gasteiger partial charge in [0, 0.05) is 24.3 Å².